The Kier molecular flexibility index (Phi) is 3.85. The Labute approximate surface area is 113 Å². The average molecular weight is 253 g/mol. The fraction of sp³-hybridized carbons (Fsp3) is 0.188. The number of nitrogens with one attached hydrogen (secondary N) is 1. The van der Waals surface area contributed by atoms with E-state index < -0.39 is 0 Å². The molecular formula is C16H19N3. The van der Waals surface area contributed by atoms with Crippen LogP contribution in [0.5, 0.6) is 0 Å². The highest BCUT2D eigenvalue weighted by molar-refractivity contribution is 5.64. The van der Waals surface area contributed by atoms with Gasteiger partial charge in [-0.25, -0.2) is 4.99 Å². The van der Waals surface area contributed by atoms with Crippen LogP contribution in [-0.2, 0) is 0 Å². The van der Waals surface area contributed by atoms with Gasteiger partial charge in [-0.15, -0.1) is 0 Å². The van der Waals surface area contributed by atoms with Crippen molar-refractivity contribution < 1.29 is 0 Å². The van der Waals surface area contributed by atoms with Gasteiger partial charge in [0.2, 0.25) is 0 Å². The van der Waals surface area contributed by atoms with Gasteiger partial charge in [-0.1, -0.05) is 36.9 Å². The normalized spacial score (nSPS) is 12.8. The Morgan fingerprint density at radius 1 is 1.26 bits per heavy atom. The van der Waals surface area contributed by atoms with Crippen molar-refractivity contribution in [1.29, 1.82) is 0 Å². The zero-order valence-corrected chi connectivity index (χ0v) is 11.6. The van der Waals surface area contributed by atoms with Gasteiger partial charge in [-0.2, -0.15) is 0 Å². The van der Waals surface area contributed by atoms with Crippen LogP contribution in [-0.4, -0.2) is 30.2 Å². The first-order valence-electron chi connectivity index (χ1n) is 6.27. The Morgan fingerprint density at radius 2 is 1.95 bits per heavy atom. The number of aromatic amines is 1. The van der Waals surface area contributed by atoms with Gasteiger partial charge < -0.3 is 9.88 Å². The van der Waals surface area contributed by atoms with Gasteiger partial charge in [-0.05, 0) is 23.8 Å². The monoisotopic (exact) mass is 253 g/mol. The largest absolute Gasteiger partial charge is 0.361 e. The highest BCUT2D eigenvalue weighted by atomic mass is 15.2. The summed E-state index contributed by atoms with van der Waals surface area (Å²) in [5.41, 5.74) is 2.21. The molecular weight excluding hydrogens is 234 g/mol. The van der Waals surface area contributed by atoms with Crippen LogP contribution < -0.4 is 10.6 Å². The van der Waals surface area contributed by atoms with Crippen LogP contribution in [0.3, 0.4) is 0 Å². The second-order valence-corrected chi connectivity index (χ2v) is 4.55. The van der Waals surface area contributed by atoms with Crippen LogP contribution in [0.25, 0.3) is 23.7 Å². The zero-order chi connectivity index (χ0) is 13.8. The van der Waals surface area contributed by atoms with Crippen molar-refractivity contribution >= 4 is 18.6 Å². The van der Waals surface area contributed by atoms with Crippen LogP contribution in [0.15, 0.2) is 41.4 Å². The van der Waals surface area contributed by atoms with E-state index in [0.29, 0.717) is 0 Å². The molecule has 0 unspecified atom stereocenters. The van der Waals surface area contributed by atoms with Crippen molar-refractivity contribution in [2.45, 2.75) is 6.92 Å². The molecule has 98 valence electrons. The lowest BCUT2D eigenvalue weighted by atomic mass is 10.2. The summed E-state index contributed by atoms with van der Waals surface area (Å²) in [7, 11) is 3.95. The maximum absolute atomic E-state index is 4.41. The molecule has 19 heavy (non-hydrogen) atoms. The second-order valence-electron chi connectivity index (χ2n) is 4.55. The summed E-state index contributed by atoms with van der Waals surface area (Å²) in [6.07, 6.45) is 1.79. The lowest BCUT2D eigenvalue weighted by Gasteiger charge is -2.11. The molecule has 0 spiro atoms. The molecule has 0 radical (unpaired) electrons. The number of aliphatic imine (C=N–C) groups is 1. The number of hydrogen-bond donors (Lipinski definition) is 1. The third-order valence-electron chi connectivity index (χ3n) is 2.88. The van der Waals surface area contributed by atoms with E-state index in [2.05, 4.69) is 34.8 Å². The van der Waals surface area contributed by atoms with Crippen molar-refractivity contribution in [3.05, 3.63) is 47.0 Å². The minimum atomic E-state index is 0.884. The quantitative estimate of drug-likeness (QED) is 0.831. The van der Waals surface area contributed by atoms with Crippen LogP contribution >= 0.6 is 0 Å². The van der Waals surface area contributed by atoms with Crippen molar-refractivity contribution in [3.63, 3.8) is 0 Å². The van der Waals surface area contributed by atoms with Crippen molar-refractivity contribution in [2.24, 2.45) is 4.99 Å². The molecule has 0 aliphatic carbocycles. The van der Waals surface area contributed by atoms with Gasteiger partial charge in [0, 0.05) is 26.0 Å². The van der Waals surface area contributed by atoms with Crippen LogP contribution in [0.4, 0.5) is 0 Å². The van der Waals surface area contributed by atoms with Crippen LogP contribution in [0, 0.1) is 0 Å². The number of H-pyrrole nitrogens is 1. The molecule has 0 fully saturated rings. The summed E-state index contributed by atoms with van der Waals surface area (Å²) < 4.78 is 0. The maximum Gasteiger partial charge on any atom is 0.152 e. The minimum Gasteiger partial charge on any atom is -0.361 e. The lowest BCUT2D eigenvalue weighted by molar-refractivity contribution is 0.574. The van der Waals surface area contributed by atoms with Crippen molar-refractivity contribution in [2.75, 3.05) is 14.1 Å². The first-order chi connectivity index (χ1) is 9.13. The molecule has 2 aromatic rings. The van der Waals surface area contributed by atoms with Gasteiger partial charge in [0.15, 0.2) is 5.82 Å². The van der Waals surface area contributed by atoms with Gasteiger partial charge in [0.1, 0.15) is 0 Å². The fourth-order valence-electron chi connectivity index (χ4n) is 2.00. The third-order valence-corrected chi connectivity index (χ3v) is 2.88. The molecule has 0 saturated heterocycles. The van der Waals surface area contributed by atoms with Crippen molar-refractivity contribution in [3.8, 4) is 11.3 Å². The molecule has 0 amide bonds. The van der Waals surface area contributed by atoms with Crippen LogP contribution in [0.1, 0.15) is 6.92 Å². The number of hydrogen-bond acceptors (Lipinski definition) is 2. The number of rotatable bonds is 3. The van der Waals surface area contributed by atoms with E-state index in [-0.39, 0.29) is 0 Å². The SMILES string of the molecule is C=c1cc(-c2ccccc2)[nH]/c1=C(/N=C\C)N(C)C. The molecule has 2 rings (SSSR count). The molecule has 0 bridgehead atoms. The van der Waals surface area contributed by atoms with E-state index >= 15 is 0 Å². The molecule has 0 atom stereocenters. The smallest absolute Gasteiger partial charge is 0.152 e. The van der Waals surface area contributed by atoms with E-state index in [1.54, 1.807) is 6.21 Å². The lowest BCUT2D eigenvalue weighted by Crippen LogP contribution is -2.29. The highest BCUT2D eigenvalue weighted by Gasteiger charge is 2.04. The number of benzene rings is 1. The number of nitrogens with zero attached hydrogens (tertiary/aromatic N) is 2. The van der Waals surface area contributed by atoms with E-state index in [0.717, 1.165) is 27.6 Å². The summed E-state index contributed by atoms with van der Waals surface area (Å²) in [6.45, 7) is 6.01. The molecule has 3 heteroatoms. The standard InChI is InChI=1S/C16H19N3/c1-5-17-16(19(3)4)15-12(2)11-14(18-15)13-9-7-6-8-10-13/h5-11,18H,2H2,1,3-4H3/b16-15-,17-5-. The predicted octanol–water partition coefficient (Wildman–Crippen LogP) is 1.81. The molecule has 1 aromatic heterocycles. The van der Waals surface area contributed by atoms with Gasteiger partial charge in [-0.3, -0.25) is 0 Å². The third kappa shape index (κ3) is 2.76. The fourth-order valence-corrected chi connectivity index (χ4v) is 2.00. The Balaban J connectivity index is 2.65. The molecule has 0 saturated carbocycles. The van der Waals surface area contributed by atoms with Crippen molar-refractivity contribution in [1.82, 2.24) is 9.88 Å². The summed E-state index contributed by atoms with van der Waals surface area (Å²) in [5, 5.41) is 1.91. The zero-order valence-electron chi connectivity index (χ0n) is 11.6. The Hall–Kier alpha value is -2.29. The van der Waals surface area contributed by atoms with Gasteiger partial charge >= 0.3 is 0 Å². The first-order valence-corrected chi connectivity index (χ1v) is 6.27. The molecule has 1 N–H and O–H groups in total. The maximum atomic E-state index is 4.41. The molecule has 1 aromatic carbocycles. The highest BCUT2D eigenvalue weighted by Crippen LogP contribution is 2.13. The predicted molar refractivity (Wildman–Crippen MR) is 82.3 cm³/mol. The van der Waals surface area contributed by atoms with E-state index in [9.17, 15) is 0 Å². The average Bonchev–Trinajstić information content (AvgIpc) is 2.78. The Bertz CT molecular complexity index is 679. The van der Waals surface area contributed by atoms with Crippen LogP contribution in [0.2, 0.25) is 0 Å². The summed E-state index contributed by atoms with van der Waals surface area (Å²) in [5.74, 6) is 0.884. The van der Waals surface area contributed by atoms with E-state index in [1.165, 1.54) is 0 Å². The minimum absolute atomic E-state index is 0.884. The molecule has 3 nitrogen and oxygen atoms in total. The topological polar surface area (TPSA) is 31.4 Å². The first kappa shape index (κ1) is 13.1. The number of aromatic nitrogens is 1. The summed E-state index contributed by atoms with van der Waals surface area (Å²) in [6, 6.07) is 12.3. The summed E-state index contributed by atoms with van der Waals surface area (Å²) in [4.78, 5) is 9.80. The molecule has 0 aliphatic heterocycles. The molecule has 0 aliphatic rings. The van der Waals surface area contributed by atoms with E-state index in [1.807, 2.05) is 44.1 Å². The van der Waals surface area contributed by atoms with Gasteiger partial charge in [0.05, 0.1) is 5.35 Å². The second kappa shape index (κ2) is 5.57. The van der Waals surface area contributed by atoms with Gasteiger partial charge in [0.25, 0.3) is 0 Å². The van der Waals surface area contributed by atoms with E-state index in [4.69, 9.17) is 0 Å². The Morgan fingerprint density at radius 3 is 2.53 bits per heavy atom. The summed E-state index contributed by atoms with van der Waals surface area (Å²) >= 11 is 0. The molecule has 1 heterocycles.